The Morgan fingerprint density at radius 3 is 0.958 bits per heavy atom. The van der Waals surface area contributed by atoms with Crippen LogP contribution in [0.25, 0.3) is 0 Å². The smallest absolute Gasteiger partial charge is 0.343 e. The van der Waals surface area contributed by atoms with E-state index >= 15 is 0 Å². The molecule has 0 aromatic heterocycles. The molecule has 3 aromatic rings. The predicted molar refractivity (Wildman–Crippen MR) is 300 cm³/mol. The molecule has 0 saturated heterocycles. The molecule has 0 bridgehead atoms. The van der Waals surface area contributed by atoms with E-state index in [1.165, 1.54) is 0 Å². The number of esters is 3. The summed E-state index contributed by atoms with van der Waals surface area (Å²) in [4.78, 5) is 45.2. The van der Waals surface area contributed by atoms with Crippen molar-refractivity contribution in [3.63, 3.8) is 0 Å². The number of nitrogens with zero attached hydrogens (tertiary/aromatic N) is 47. The van der Waals surface area contributed by atoms with Gasteiger partial charge in [-0.25, -0.2) is 14.4 Å². The van der Waals surface area contributed by atoms with Crippen LogP contribution in [0.5, 0.6) is 17.2 Å². The lowest BCUT2D eigenvalue weighted by Crippen LogP contribution is -2.17. The minimum atomic E-state index is -0.467. The summed E-state index contributed by atoms with van der Waals surface area (Å²) in [5.41, 5.74) is 8.17. The molecule has 3 aromatic carbocycles. The highest BCUT2D eigenvalue weighted by molar-refractivity contribution is 6.31. The Balaban J connectivity index is 0.000000811. The lowest BCUT2D eigenvalue weighted by atomic mass is 10.2. The fourth-order valence-electron chi connectivity index (χ4n) is 4.40. The summed E-state index contributed by atoms with van der Waals surface area (Å²) < 4.78 is 26.1. The maximum atomic E-state index is 12.2. The van der Waals surface area contributed by atoms with Crippen molar-refractivity contribution in [1.29, 1.82) is 5.53 Å². The lowest BCUT2D eigenvalue weighted by molar-refractivity contribution is -0.138. The maximum absolute atomic E-state index is 12.2. The van der Waals surface area contributed by atoms with Gasteiger partial charge in [-0.05, 0) is 177 Å². The van der Waals surface area contributed by atoms with Crippen LogP contribution >= 0.6 is 11.6 Å². The van der Waals surface area contributed by atoms with Crippen LogP contribution in [0.15, 0.2) is 338 Å². The van der Waals surface area contributed by atoms with Crippen molar-refractivity contribution in [2.75, 3.05) is 33.5 Å². The van der Waals surface area contributed by atoms with Gasteiger partial charge in [0.1, 0.15) is 17.2 Å². The molecule has 59 nitrogen and oxygen atoms in total. The number of nitrogens with one attached hydrogen (secondary N) is 2. The Morgan fingerprint density at radius 1 is 0.417 bits per heavy atom. The van der Waals surface area contributed by atoms with E-state index in [0.29, 0.717) is 66.2 Å². The summed E-state index contributed by atoms with van der Waals surface area (Å²) in [6.07, 6.45) is 5.23. The second kappa shape index (κ2) is 59.1. The Labute approximate surface area is 536 Å². The van der Waals surface area contributed by atoms with Gasteiger partial charge >= 0.3 is 17.9 Å². The van der Waals surface area contributed by atoms with Gasteiger partial charge in [-0.1, -0.05) is 36.0 Å². The molecular formula is C36H43ClN50O9. The Bertz CT molecular complexity index is 3550. The zero-order valence-electron chi connectivity index (χ0n) is 48.7. The molecule has 4 N–H and O–H groups in total. The average molecular weight is 1360 g/mol. The van der Waals surface area contributed by atoms with E-state index in [1.54, 1.807) is 73.8 Å². The van der Waals surface area contributed by atoms with E-state index in [9.17, 15) is 19.2 Å². The molecule has 0 aliphatic carbocycles. The lowest BCUT2D eigenvalue weighted by Gasteiger charge is -2.08. The molecule has 0 radical (unpaired) electrons. The third-order valence-corrected chi connectivity index (χ3v) is 8.49. The van der Waals surface area contributed by atoms with Crippen LogP contribution in [0.4, 0.5) is 0 Å². The van der Waals surface area contributed by atoms with Crippen molar-refractivity contribution in [2.45, 2.75) is 32.6 Å². The summed E-state index contributed by atoms with van der Waals surface area (Å²) in [6.45, 7) is 10.2. The first-order chi connectivity index (χ1) is 47.1. The highest BCUT2D eigenvalue weighted by Crippen LogP contribution is 2.23. The second-order valence-electron chi connectivity index (χ2n) is 14.0. The van der Waals surface area contributed by atoms with Crippen molar-refractivity contribution < 1.29 is 42.9 Å². The standard InChI is InChI=1S/C21H21ClO5.C15H19NO4.H3N49/c1-3-20(23)26-13-5-4-12-25-17-10-7-16(8-11-17)21(24)27-18-9-6-15(2)19(22)14-18;1-3-14(17)20-11-5-4-10-19-13-8-6-12(7-9-13)15(18)16-2;1-3-5-7-9-11-13-15-17-19-21-23-25-27-29-31-33-35-37-39-41-43-45-47-49-48-46-44-42-40-38-36-34-32-30-28-26-24-22-20-18-16-14-12-10-8-6-4-2/h3,6-11,14H,1,4-5,12-13H2,2H3;3,6-9H,1,4-5,10-11H2,2H3,(H,16,18);(H3,1,2,5,6,9,10,13,14,17,18,21,22,25,26,29,30,33,34,37,38,41,42,45,46,49). The molecule has 0 aliphatic heterocycles. The first kappa shape index (κ1) is 79.1. The topological polar surface area (TPSA) is 757 Å². The number of rotatable bonds is 40. The molecule has 0 fully saturated rings. The monoisotopic (exact) mass is 1350 g/mol. The molecule has 0 unspecified atom stereocenters. The van der Waals surface area contributed by atoms with Crippen LogP contribution in [-0.4, -0.2) is 57.3 Å². The molecule has 0 aliphatic rings. The number of carbonyl (C=O) groups is 4. The number of aryl methyl sites for hydroxylation is 1. The SMILES string of the molecule is C=CC(=O)OCCCCOc1ccc(C(=O)NC)cc1.C=CC(=O)OCCCCOc1ccc(C(=O)Oc2ccc(C)c(Cl)c2)cc1.N=N/N=N/N=N/N=N/N=N/N=N/N=N/N=N/N=N/N=N/N=N/N=N/N=N/N=N/N=N/N=N/N=N/N=N/N=N/N=N/N=N/N=N/N=N/N=N/N. The zero-order valence-corrected chi connectivity index (χ0v) is 49.5. The van der Waals surface area contributed by atoms with E-state index in [4.69, 9.17) is 40.8 Å². The van der Waals surface area contributed by atoms with Crippen LogP contribution in [-0.2, 0) is 19.1 Å². The van der Waals surface area contributed by atoms with Crippen LogP contribution in [0.1, 0.15) is 52.0 Å². The van der Waals surface area contributed by atoms with Gasteiger partial charge in [0, 0.05) is 192 Å². The number of nitrogens with two attached hydrogens (primary N) is 1. The average Bonchev–Trinajstić information content (AvgIpc) is 1.07. The number of hydrogen-bond donors (Lipinski definition) is 3. The predicted octanol–water partition coefficient (Wildman–Crippen LogP) is 15.0. The fourth-order valence-corrected chi connectivity index (χ4v) is 4.57. The van der Waals surface area contributed by atoms with Crippen LogP contribution < -0.4 is 25.4 Å². The highest BCUT2D eigenvalue weighted by atomic mass is 35.5. The normalized spacial score (nSPS) is 12.7. The molecule has 60 heteroatoms. The largest absolute Gasteiger partial charge is 0.494 e. The third kappa shape index (κ3) is 48.2. The van der Waals surface area contributed by atoms with Crippen LogP contribution in [0, 0.1) is 12.5 Å². The quantitative estimate of drug-likeness (QED) is 0.00918. The van der Waals surface area contributed by atoms with E-state index in [0.717, 1.165) is 37.0 Å². The van der Waals surface area contributed by atoms with Gasteiger partial charge in [-0.15, -0.1) is 0 Å². The Morgan fingerprint density at radius 2 is 0.688 bits per heavy atom. The van der Waals surface area contributed by atoms with Crippen molar-refractivity contribution >= 4 is 35.4 Å². The van der Waals surface area contributed by atoms with Crippen molar-refractivity contribution in [3.05, 3.63) is 114 Å². The third-order valence-electron chi connectivity index (χ3n) is 8.08. The molecule has 0 heterocycles. The van der Waals surface area contributed by atoms with E-state index in [1.807, 2.05) is 6.92 Å². The van der Waals surface area contributed by atoms with Gasteiger partial charge < -0.3 is 34.8 Å². The molecule has 1 amide bonds. The van der Waals surface area contributed by atoms with E-state index < -0.39 is 17.9 Å². The number of carbonyl (C=O) groups excluding carboxylic acids is 4. The maximum Gasteiger partial charge on any atom is 0.343 e. The number of benzene rings is 3. The van der Waals surface area contributed by atoms with Gasteiger partial charge in [0.2, 0.25) is 0 Å². The van der Waals surface area contributed by atoms with Crippen molar-refractivity contribution in [2.24, 2.45) is 251 Å². The van der Waals surface area contributed by atoms with Crippen molar-refractivity contribution in [1.82, 2.24) is 5.32 Å². The number of unbranched alkanes of at least 4 members (excludes halogenated alkanes) is 2. The van der Waals surface area contributed by atoms with Crippen LogP contribution in [0.3, 0.4) is 0 Å². The summed E-state index contributed by atoms with van der Waals surface area (Å²) >= 11 is 6.03. The fraction of sp³-hybridized carbons (Fsp3) is 0.278. The molecule has 0 spiro atoms. The van der Waals surface area contributed by atoms with Gasteiger partial charge in [-0.3, -0.25) is 4.79 Å². The zero-order chi connectivity index (χ0) is 69.7. The summed E-state index contributed by atoms with van der Waals surface area (Å²) in [5, 5.41) is 142. The number of ether oxygens (including phenoxy) is 5. The van der Waals surface area contributed by atoms with Gasteiger partial charge in [0.25, 0.3) is 5.91 Å². The van der Waals surface area contributed by atoms with Gasteiger partial charge in [-0.2, -0.15) is 5.53 Å². The first-order valence-electron chi connectivity index (χ1n) is 24.6. The Kier molecular flexibility index (Phi) is 48.7. The van der Waals surface area contributed by atoms with Gasteiger partial charge in [0.05, 0.1) is 32.0 Å². The summed E-state index contributed by atoms with van der Waals surface area (Å²) in [6, 6.07) is 18.7. The summed E-state index contributed by atoms with van der Waals surface area (Å²) in [7, 11) is 1.59. The second-order valence-corrected chi connectivity index (χ2v) is 14.4. The minimum absolute atomic E-state index is 0.124. The molecular weight excluding hydrogens is 1310 g/mol. The molecule has 3 rings (SSSR count). The minimum Gasteiger partial charge on any atom is -0.494 e. The molecule has 0 atom stereocenters. The van der Waals surface area contributed by atoms with E-state index in [-0.39, 0.29) is 5.91 Å². The number of amides is 1. The van der Waals surface area contributed by atoms with E-state index in [2.05, 4.69) is 270 Å². The molecule has 498 valence electrons. The summed E-state index contributed by atoms with van der Waals surface area (Å²) in [5.74, 6) is 4.95. The first-order valence-corrected chi connectivity index (χ1v) is 25.0. The number of halogens is 1. The highest BCUT2D eigenvalue weighted by Gasteiger charge is 2.10. The van der Waals surface area contributed by atoms with Crippen molar-refractivity contribution in [3.8, 4) is 17.2 Å². The molecule has 96 heavy (non-hydrogen) atoms. The number of hydrogen-bond acceptors (Lipinski definition) is 11. The Hall–Kier alpha value is -14.9. The van der Waals surface area contributed by atoms with Crippen LogP contribution in [0.2, 0.25) is 5.02 Å². The molecule has 0 saturated carbocycles. The van der Waals surface area contributed by atoms with Gasteiger partial charge in [0.15, 0.2) is 0 Å².